The summed E-state index contributed by atoms with van der Waals surface area (Å²) in [5.41, 5.74) is 1.98. The van der Waals surface area contributed by atoms with E-state index in [1.54, 1.807) is 0 Å². The molecule has 0 spiro atoms. The third kappa shape index (κ3) is 4.30. The molecule has 0 bridgehead atoms. The molecule has 0 radical (unpaired) electrons. The van der Waals surface area contributed by atoms with Gasteiger partial charge in [0.15, 0.2) is 5.82 Å². The highest BCUT2D eigenvalue weighted by molar-refractivity contribution is 5.76. The highest BCUT2D eigenvalue weighted by Crippen LogP contribution is 2.13. The van der Waals surface area contributed by atoms with Gasteiger partial charge >= 0.3 is 0 Å². The number of likely N-dealkylation sites (N-methyl/N-ethyl adjacent to an activating group) is 1. The van der Waals surface area contributed by atoms with Crippen molar-refractivity contribution in [1.29, 1.82) is 0 Å². The summed E-state index contributed by atoms with van der Waals surface area (Å²) in [6.45, 7) is 5.25. The number of aromatic nitrogens is 3. The van der Waals surface area contributed by atoms with E-state index >= 15 is 0 Å². The Kier molecular flexibility index (Phi) is 5.23. The summed E-state index contributed by atoms with van der Waals surface area (Å²) in [6.07, 6.45) is 0.590. The molecule has 25 heavy (non-hydrogen) atoms. The molecule has 0 unspecified atom stereocenters. The Bertz CT molecular complexity index is 792. The van der Waals surface area contributed by atoms with Crippen molar-refractivity contribution in [2.24, 2.45) is 0 Å². The molecule has 0 aliphatic carbocycles. The highest BCUT2D eigenvalue weighted by atomic mass is 16.2. The molecular formula is C18H23N5O2. The van der Waals surface area contributed by atoms with Gasteiger partial charge in [-0.2, -0.15) is 0 Å². The van der Waals surface area contributed by atoms with Crippen molar-refractivity contribution in [1.82, 2.24) is 25.0 Å². The largest absolute Gasteiger partial charge is 0.340 e. The van der Waals surface area contributed by atoms with Gasteiger partial charge in [-0.05, 0) is 14.0 Å². The summed E-state index contributed by atoms with van der Waals surface area (Å²) in [4.78, 5) is 31.3. The van der Waals surface area contributed by atoms with Gasteiger partial charge < -0.3 is 14.8 Å². The third-order valence-corrected chi connectivity index (χ3v) is 4.52. The lowest BCUT2D eigenvalue weighted by Crippen LogP contribution is -2.47. The summed E-state index contributed by atoms with van der Waals surface area (Å²) >= 11 is 0. The zero-order valence-corrected chi connectivity index (χ0v) is 14.7. The van der Waals surface area contributed by atoms with Crippen LogP contribution in [0.2, 0.25) is 0 Å². The maximum Gasteiger partial charge on any atom is 0.273 e. The van der Waals surface area contributed by atoms with E-state index < -0.39 is 0 Å². The minimum Gasteiger partial charge on any atom is -0.340 e. The van der Waals surface area contributed by atoms with Gasteiger partial charge in [0.05, 0.1) is 0 Å². The first-order valence-corrected chi connectivity index (χ1v) is 8.52. The molecule has 0 atom stereocenters. The predicted octanol–water partition coefficient (Wildman–Crippen LogP) is 0.847. The molecular weight excluding hydrogens is 318 g/mol. The van der Waals surface area contributed by atoms with Crippen molar-refractivity contribution >= 4 is 5.91 Å². The number of hydrogen-bond acceptors (Lipinski definition) is 5. The molecule has 2 aromatic rings. The summed E-state index contributed by atoms with van der Waals surface area (Å²) in [5, 5.41) is 8.14. The number of carbonyl (C=O) groups excluding carboxylic acids is 1. The van der Waals surface area contributed by atoms with E-state index in [-0.39, 0.29) is 17.9 Å². The van der Waals surface area contributed by atoms with Gasteiger partial charge in [0.1, 0.15) is 5.69 Å². The van der Waals surface area contributed by atoms with Crippen LogP contribution >= 0.6 is 0 Å². The third-order valence-electron chi connectivity index (χ3n) is 4.52. The lowest BCUT2D eigenvalue weighted by atomic mass is 10.1. The van der Waals surface area contributed by atoms with Crippen LogP contribution in [0.1, 0.15) is 17.7 Å². The Hall–Kier alpha value is -2.54. The molecule has 1 amide bonds. The standard InChI is InChI=1S/C18H23N5O2/c1-13-3-5-14(6-4-13)17-19-18(25)15(20-21-17)7-8-16(24)23-11-9-22(2)10-12-23/h3-6H,7-12H2,1-2H3,(H,19,21,25). The van der Waals surface area contributed by atoms with Crippen molar-refractivity contribution in [2.45, 2.75) is 19.8 Å². The van der Waals surface area contributed by atoms with Crippen LogP contribution in [0, 0.1) is 6.92 Å². The van der Waals surface area contributed by atoms with Gasteiger partial charge in [-0.3, -0.25) is 9.59 Å². The average molecular weight is 341 g/mol. The molecule has 1 fully saturated rings. The number of carbonyl (C=O) groups is 1. The van der Waals surface area contributed by atoms with Gasteiger partial charge in [0, 0.05) is 44.6 Å². The molecule has 3 rings (SSSR count). The highest BCUT2D eigenvalue weighted by Gasteiger charge is 2.19. The molecule has 1 N–H and O–H groups in total. The van der Waals surface area contributed by atoms with E-state index in [1.165, 1.54) is 0 Å². The van der Waals surface area contributed by atoms with Crippen molar-refractivity contribution in [3.05, 3.63) is 45.9 Å². The first-order chi connectivity index (χ1) is 12.0. The maximum absolute atomic E-state index is 12.3. The number of nitrogens with zero attached hydrogens (tertiary/aromatic N) is 4. The van der Waals surface area contributed by atoms with E-state index in [0.717, 1.165) is 37.3 Å². The van der Waals surface area contributed by atoms with Crippen LogP contribution in [0.4, 0.5) is 0 Å². The molecule has 7 nitrogen and oxygen atoms in total. The zero-order chi connectivity index (χ0) is 17.8. The molecule has 7 heteroatoms. The van der Waals surface area contributed by atoms with Crippen LogP contribution in [0.5, 0.6) is 0 Å². The summed E-state index contributed by atoms with van der Waals surface area (Å²) in [5.74, 6) is 0.510. The van der Waals surface area contributed by atoms with Crippen LogP contribution in [-0.2, 0) is 11.2 Å². The lowest BCUT2D eigenvalue weighted by molar-refractivity contribution is -0.132. The Labute approximate surface area is 146 Å². The Morgan fingerprint density at radius 1 is 1.12 bits per heavy atom. The van der Waals surface area contributed by atoms with Gasteiger partial charge in [-0.1, -0.05) is 29.8 Å². The van der Waals surface area contributed by atoms with Crippen LogP contribution in [-0.4, -0.2) is 64.1 Å². The molecule has 1 aliphatic heterocycles. The number of amides is 1. The average Bonchev–Trinajstić information content (AvgIpc) is 2.61. The van der Waals surface area contributed by atoms with Gasteiger partial charge in [-0.15, -0.1) is 10.2 Å². The second kappa shape index (κ2) is 7.57. The molecule has 1 aliphatic rings. The van der Waals surface area contributed by atoms with Crippen molar-refractivity contribution in [2.75, 3.05) is 33.2 Å². The van der Waals surface area contributed by atoms with Gasteiger partial charge in [0.25, 0.3) is 5.56 Å². The zero-order valence-electron chi connectivity index (χ0n) is 14.7. The van der Waals surface area contributed by atoms with Gasteiger partial charge in [0.2, 0.25) is 5.91 Å². The van der Waals surface area contributed by atoms with Gasteiger partial charge in [-0.25, -0.2) is 0 Å². The normalized spacial score (nSPS) is 15.4. The lowest BCUT2D eigenvalue weighted by Gasteiger charge is -2.32. The number of hydrogen-bond donors (Lipinski definition) is 1. The van der Waals surface area contributed by atoms with Crippen LogP contribution in [0.15, 0.2) is 29.1 Å². The minimum atomic E-state index is -0.281. The van der Waals surface area contributed by atoms with Crippen LogP contribution in [0.3, 0.4) is 0 Å². The summed E-state index contributed by atoms with van der Waals surface area (Å²) < 4.78 is 0. The topological polar surface area (TPSA) is 82.2 Å². The number of piperazine rings is 1. The summed E-state index contributed by atoms with van der Waals surface area (Å²) in [6, 6.07) is 7.70. The molecule has 2 heterocycles. The number of rotatable bonds is 4. The number of benzene rings is 1. The minimum absolute atomic E-state index is 0.0666. The molecule has 1 aromatic heterocycles. The van der Waals surface area contributed by atoms with E-state index in [2.05, 4.69) is 20.1 Å². The van der Waals surface area contributed by atoms with E-state index in [4.69, 9.17) is 0 Å². The number of H-pyrrole nitrogens is 1. The van der Waals surface area contributed by atoms with E-state index in [9.17, 15) is 9.59 Å². The fourth-order valence-electron chi connectivity index (χ4n) is 2.80. The predicted molar refractivity (Wildman–Crippen MR) is 95.2 cm³/mol. The Balaban J connectivity index is 1.62. The summed E-state index contributed by atoms with van der Waals surface area (Å²) in [7, 11) is 2.05. The van der Waals surface area contributed by atoms with E-state index in [1.807, 2.05) is 43.1 Å². The number of aryl methyl sites for hydroxylation is 2. The number of aromatic amines is 1. The monoisotopic (exact) mass is 341 g/mol. The maximum atomic E-state index is 12.3. The van der Waals surface area contributed by atoms with Crippen molar-refractivity contribution in [3.8, 4) is 11.4 Å². The van der Waals surface area contributed by atoms with Crippen molar-refractivity contribution in [3.63, 3.8) is 0 Å². The molecule has 1 saturated heterocycles. The van der Waals surface area contributed by atoms with Crippen LogP contribution in [0.25, 0.3) is 11.4 Å². The van der Waals surface area contributed by atoms with Crippen molar-refractivity contribution < 1.29 is 4.79 Å². The van der Waals surface area contributed by atoms with Crippen LogP contribution < -0.4 is 5.56 Å². The first-order valence-electron chi connectivity index (χ1n) is 8.52. The Morgan fingerprint density at radius 3 is 2.44 bits per heavy atom. The second-order valence-electron chi connectivity index (χ2n) is 6.50. The number of nitrogens with one attached hydrogen (secondary N) is 1. The molecule has 0 saturated carbocycles. The van der Waals surface area contributed by atoms with E-state index in [0.29, 0.717) is 17.9 Å². The Morgan fingerprint density at radius 2 is 1.80 bits per heavy atom. The fraction of sp³-hybridized carbons (Fsp3) is 0.444. The fourth-order valence-corrected chi connectivity index (χ4v) is 2.80. The quantitative estimate of drug-likeness (QED) is 0.891. The molecule has 132 valence electrons. The smallest absolute Gasteiger partial charge is 0.273 e. The first kappa shape index (κ1) is 17.3. The molecule has 1 aromatic carbocycles. The second-order valence-corrected chi connectivity index (χ2v) is 6.50. The SMILES string of the molecule is Cc1ccc(-c2nnc(CCC(=O)N3CCN(C)CC3)c(=O)[nH]2)cc1.